The molecule has 246 valence electrons. The Morgan fingerprint density at radius 2 is 1.36 bits per heavy atom. The van der Waals surface area contributed by atoms with E-state index in [1.165, 1.54) is 66.0 Å². The Morgan fingerprint density at radius 3 is 1.96 bits per heavy atom. The standard InChI is InChI=1S/C33H25F8N3O3/c1-19-17-20(18-42-29(46)27(22-7-3-2-4-8-22)44-30(47)31(34,35)33(39,40)41)11-16-26(19)43-28(45)25-10-6-5-9-24(25)21-12-14-23(15-13-21)32(36,37)38/h2-17,27H,18H2,1H3,(H,42,46)(H,43,45)(H,44,47)/t27-/m0/s1. The Bertz CT molecular complexity index is 1760. The molecule has 4 rings (SSSR count). The van der Waals surface area contributed by atoms with Gasteiger partial charge in [-0.25, -0.2) is 0 Å². The molecule has 0 aromatic heterocycles. The van der Waals surface area contributed by atoms with Crippen LogP contribution in [0.1, 0.15) is 38.7 Å². The topological polar surface area (TPSA) is 87.3 Å². The summed E-state index contributed by atoms with van der Waals surface area (Å²) in [5.74, 6) is -10.0. The van der Waals surface area contributed by atoms with Crippen molar-refractivity contribution in [2.24, 2.45) is 0 Å². The molecule has 0 spiro atoms. The van der Waals surface area contributed by atoms with Crippen molar-refractivity contribution in [1.82, 2.24) is 10.6 Å². The fourth-order valence-corrected chi connectivity index (χ4v) is 4.52. The predicted molar refractivity (Wildman–Crippen MR) is 156 cm³/mol. The van der Waals surface area contributed by atoms with Gasteiger partial charge in [0, 0.05) is 17.8 Å². The zero-order chi connectivity index (χ0) is 34.6. The monoisotopic (exact) mass is 663 g/mol. The number of aryl methyl sites for hydroxylation is 1. The number of rotatable bonds is 9. The molecule has 4 aromatic carbocycles. The smallest absolute Gasteiger partial charge is 0.350 e. The minimum atomic E-state index is -6.17. The van der Waals surface area contributed by atoms with Crippen LogP contribution in [0.4, 0.5) is 40.8 Å². The number of alkyl halides is 8. The van der Waals surface area contributed by atoms with Crippen LogP contribution in [0.5, 0.6) is 0 Å². The van der Waals surface area contributed by atoms with E-state index in [9.17, 15) is 49.5 Å². The SMILES string of the molecule is Cc1cc(CNC(=O)[C@@H](NC(=O)C(F)(F)C(F)(F)F)c2ccccc2)ccc1NC(=O)c1ccccc1-c1ccc(C(F)(F)F)cc1. The second kappa shape index (κ2) is 13.6. The van der Waals surface area contributed by atoms with Crippen LogP contribution < -0.4 is 16.0 Å². The largest absolute Gasteiger partial charge is 0.463 e. The third kappa shape index (κ3) is 8.12. The minimum absolute atomic E-state index is 0.0397. The lowest BCUT2D eigenvalue weighted by Gasteiger charge is -2.23. The highest BCUT2D eigenvalue weighted by atomic mass is 19.4. The molecule has 3 amide bonds. The van der Waals surface area contributed by atoms with Gasteiger partial charge in [-0.3, -0.25) is 14.4 Å². The number of amides is 3. The van der Waals surface area contributed by atoms with Crippen LogP contribution in [0, 0.1) is 6.92 Å². The molecule has 3 N–H and O–H groups in total. The molecule has 0 aliphatic rings. The Morgan fingerprint density at radius 1 is 0.745 bits per heavy atom. The first-order chi connectivity index (χ1) is 22.0. The first-order valence-corrected chi connectivity index (χ1v) is 13.7. The second-order valence-electron chi connectivity index (χ2n) is 10.3. The summed E-state index contributed by atoms with van der Waals surface area (Å²) in [4.78, 5) is 38.0. The van der Waals surface area contributed by atoms with Crippen LogP contribution in [0.3, 0.4) is 0 Å². The van der Waals surface area contributed by atoms with Gasteiger partial charge in [0.25, 0.3) is 5.91 Å². The van der Waals surface area contributed by atoms with Gasteiger partial charge in [-0.1, -0.05) is 72.8 Å². The fraction of sp³-hybridized carbons (Fsp3) is 0.182. The van der Waals surface area contributed by atoms with Crippen molar-refractivity contribution >= 4 is 23.4 Å². The van der Waals surface area contributed by atoms with E-state index in [-0.39, 0.29) is 17.7 Å². The summed E-state index contributed by atoms with van der Waals surface area (Å²) < 4.78 is 104. The summed E-state index contributed by atoms with van der Waals surface area (Å²) in [5.41, 5.74) is 1.43. The van der Waals surface area contributed by atoms with E-state index >= 15 is 0 Å². The van der Waals surface area contributed by atoms with Crippen molar-refractivity contribution in [2.45, 2.75) is 37.8 Å². The third-order valence-corrected chi connectivity index (χ3v) is 7.01. The molecule has 0 bridgehead atoms. The molecular weight excluding hydrogens is 638 g/mol. The number of carbonyl (C=O) groups is 3. The van der Waals surface area contributed by atoms with Gasteiger partial charge in [0.1, 0.15) is 6.04 Å². The molecule has 47 heavy (non-hydrogen) atoms. The van der Waals surface area contributed by atoms with Gasteiger partial charge >= 0.3 is 24.2 Å². The lowest BCUT2D eigenvalue weighted by Crippen LogP contribution is -2.53. The van der Waals surface area contributed by atoms with Gasteiger partial charge in [-0.05, 0) is 59.0 Å². The Balaban J connectivity index is 1.46. The quantitative estimate of drug-likeness (QED) is 0.161. The van der Waals surface area contributed by atoms with Gasteiger partial charge < -0.3 is 16.0 Å². The Kier molecular flexibility index (Phi) is 10.0. The molecule has 0 saturated heterocycles. The summed E-state index contributed by atoms with van der Waals surface area (Å²) in [6, 6.07) is 20.3. The van der Waals surface area contributed by atoms with E-state index in [0.717, 1.165) is 12.1 Å². The molecule has 14 heteroatoms. The molecule has 6 nitrogen and oxygen atoms in total. The van der Waals surface area contributed by atoms with Crippen LogP contribution >= 0.6 is 0 Å². The number of anilines is 1. The molecular formula is C33H25F8N3O3. The summed E-state index contributed by atoms with van der Waals surface area (Å²) >= 11 is 0. The van der Waals surface area contributed by atoms with Crippen molar-refractivity contribution in [3.63, 3.8) is 0 Å². The molecule has 0 saturated carbocycles. The van der Waals surface area contributed by atoms with Crippen molar-refractivity contribution in [2.75, 3.05) is 5.32 Å². The van der Waals surface area contributed by atoms with E-state index in [2.05, 4.69) is 10.6 Å². The minimum Gasteiger partial charge on any atom is -0.350 e. The van der Waals surface area contributed by atoms with E-state index in [0.29, 0.717) is 27.9 Å². The highest BCUT2D eigenvalue weighted by Gasteiger charge is 2.63. The first kappa shape index (κ1) is 34.6. The lowest BCUT2D eigenvalue weighted by atomic mass is 9.98. The molecule has 0 aliphatic carbocycles. The maximum Gasteiger partial charge on any atom is 0.463 e. The Labute approximate surface area is 262 Å². The molecule has 0 radical (unpaired) electrons. The lowest BCUT2D eigenvalue weighted by molar-refractivity contribution is -0.270. The maximum absolute atomic E-state index is 13.6. The van der Waals surface area contributed by atoms with E-state index in [1.54, 1.807) is 31.2 Å². The van der Waals surface area contributed by atoms with E-state index in [4.69, 9.17) is 0 Å². The highest BCUT2D eigenvalue weighted by molar-refractivity contribution is 6.09. The van der Waals surface area contributed by atoms with Gasteiger partial charge in [0.15, 0.2) is 0 Å². The van der Waals surface area contributed by atoms with Gasteiger partial charge in [-0.15, -0.1) is 0 Å². The number of halogens is 8. The van der Waals surface area contributed by atoms with E-state index < -0.39 is 47.6 Å². The van der Waals surface area contributed by atoms with Crippen LogP contribution in [0.15, 0.2) is 97.1 Å². The van der Waals surface area contributed by atoms with Crippen LogP contribution in [-0.2, 0) is 22.3 Å². The van der Waals surface area contributed by atoms with Crippen molar-refractivity contribution < 1.29 is 49.5 Å². The summed E-state index contributed by atoms with van der Waals surface area (Å²) in [7, 11) is 0. The zero-order valence-electron chi connectivity index (χ0n) is 24.3. The van der Waals surface area contributed by atoms with Crippen molar-refractivity contribution in [1.29, 1.82) is 0 Å². The molecule has 0 unspecified atom stereocenters. The zero-order valence-corrected chi connectivity index (χ0v) is 24.3. The molecule has 0 aliphatic heterocycles. The second-order valence-corrected chi connectivity index (χ2v) is 10.3. The first-order valence-electron chi connectivity index (χ1n) is 13.7. The number of carbonyl (C=O) groups excluding carboxylic acids is 3. The highest BCUT2D eigenvalue weighted by Crippen LogP contribution is 2.36. The van der Waals surface area contributed by atoms with Crippen LogP contribution in [0.25, 0.3) is 11.1 Å². The predicted octanol–water partition coefficient (Wildman–Crippen LogP) is 7.60. The summed E-state index contributed by atoms with van der Waals surface area (Å²) in [5, 5.41) is 6.62. The average molecular weight is 664 g/mol. The maximum atomic E-state index is 13.6. The van der Waals surface area contributed by atoms with E-state index in [1.807, 2.05) is 0 Å². The Hall–Kier alpha value is -5.27. The number of nitrogens with one attached hydrogen (secondary N) is 3. The van der Waals surface area contributed by atoms with Crippen molar-refractivity contribution in [3.05, 3.63) is 125 Å². The van der Waals surface area contributed by atoms with Gasteiger partial charge in [0.05, 0.1) is 5.56 Å². The average Bonchev–Trinajstić information content (AvgIpc) is 3.03. The normalized spacial score (nSPS) is 12.6. The van der Waals surface area contributed by atoms with Gasteiger partial charge in [-0.2, -0.15) is 35.1 Å². The summed E-state index contributed by atoms with van der Waals surface area (Å²) in [6.45, 7) is 1.41. The van der Waals surface area contributed by atoms with Gasteiger partial charge in [0.2, 0.25) is 5.91 Å². The van der Waals surface area contributed by atoms with Crippen LogP contribution in [-0.4, -0.2) is 29.8 Å². The third-order valence-electron chi connectivity index (χ3n) is 7.01. The van der Waals surface area contributed by atoms with Crippen molar-refractivity contribution in [3.8, 4) is 11.1 Å². The molecule has 0 fully saturated rings. The molecule has 1 atom stereocenters. The molecule has 4 aromatic rings. The summed E-state index contributed by atoms with van der Waals surface area (Å²) in [6.07, 6.45) is -10.7. The van der Waals surface area contributed by atoms with Crippen LogP contribution in [0.2, 0.25) is 0 Å². The number of benzene rings is 4. The molecule has 0 heterocycles. The number of hydrogen-bond acceptors (Lipinski definition) is 3. The number of hydrogen-bond donors (Lipinski definition) is 3. The fourth-order valence-electron chi connectivity index (χ4n) is 4.52.